The Labute approximate surface area is 125 Å². The molecule has 0 aliphatic heterocycles. The molecule has 2 atom stereocenters. The van der Waals surface area contributed by atoms with E-state index in [2.05, 4.69) is 20.8 Å². The smallest absolute Gasteiger partial charge is 0.141 e. The van der Waals surface area contributed by atoms with Crippen molar-refractivity contribution >= 4 is 5.78 Å². The second kappa shape index (κ2) is 8.81. The molecule has 0 saturated heterocycles. The highest BCUT2D eigenvalue weighted by atomic mass is 16.5. The van der Waals surface area contributed by atoms with Gasteiger partial charge in [-0.15, -0.1) is 0 Å². The van der Waals surface area contributed by atoms with E-state index in [0.29, 0.717) is 24.2 Å². The van der Waals surface area contributed by atoms with Crippen molar-refractivity contribution in [3.63, 3.8) is 0 Å². The molecular formula is C18H34O2. The Hall–Kier alpha value is -0.370. The first-order chi connectivity index (χ1) is 9.59. The minimum atomic E-state index is -0.196. The fourth-order valence-corrected chi connectivity index (χ4v) is 3.95. The van der Waals surface area contributed by atoms with Crippen LogP contribution in [0.15, 0.2) is 0 Å². The van der Waals surface area contributed by atoms with Crippen LogP contribution in [0.4, 0.5) is 0 Å². The summed E-state index contributed by atoms with van der Waals surface area (Å²) in [5.74, 6) is 1.42. The number of ether oxygens (including phenoxy) is 1. The molecule has 0 heterocycles. The van der Waals surface area contributed by atoms with Crippen molar-refractivity contribution in [2.24, 2.45) is 17.3 Å². The van der Waals surface area contributed by atoms with Crippen LogP contribution in [0, 0.1) is 17.3 Å². The summed E-state index contributed by atoms with van der Waals surface area (Å²) in [6, 6.07) is 0. The average Bonchev–Trinajstić information content (AvgIpc) is 2.72. The summed E-state index contributed by atoms with van der Waals surface area (Å²) >= 11 is 0. The van der Waals surface area contributed by atoms with Gasteiger partial charge in [-0.25, -0.2) is 0 Å². The molecule has 1 aliphatic carbocycles. The number of unbranched alkanes of at least 4 members (excludes halogenated alkanes) is 5. The largest absolute Gasteiger partial charge is 0.384 e. The number of hydrogen-bond acceptors (Lipinski definition) is 2. The van der Waals surface area contributed by atoms with E-state index >= 15 is 0 Å². The Morgan fingerprint density at radius 3 is 2.15 bits per heavy atom. The van der Waals surface area contributed by atoms with Gasteiger partial charge in [-0.1, -0.05) is 52.9 Å². The molecule has 1 aliphatic rings. The molecule has 0 aromatic carbocycles. The maximum atomic E-state index is 12.8. The molecule has 0 spiro atoms. The number of methoxy groups -OCH3 is 1. The Kier molecular flexibility index (Phi) is 7.79. The maximum absolute atomic E-state index is 12.8. The molecule has 0 aromatic rings. The number of hydrogen-bond donors (Lipinski definition) is 0. The molecule has 0 aromatic heterocycles. The Balaban J connectivity index is 2.45. The second-order valence-electron chi connectivity index (χ2n) is 6.79. The van der Waals surface area contributed by atoms with Gasteiger partial charge in [-0.2, -0.15) is 0 Å². The van der Waals surface area contributed by atoms with Crippen LogP contribution in [0.5, 0.6) is 0 Å². The zero-order valence-electron chi connectivity index (χ0n) is 14.0. The highest BCUT2D eigenvalue weighted by molar-refractivity contribution is 5.86. The van der Waals surface area contributed by atoms with E-state index < -0.39 is 0 Å². The van der Waals surface area contributed by atoms with Crippen LogP contribution in [0.3, 0.4) is 0 Å². The lowest BCUT2D eigenvalue weighted by Gasteiger charge is -2.35. The van der Waals surface area contributed by atoms with Crippen molar-refractivity contribution in [1.82, 2.24) is 0 Å². The predicted octanol–water partition coefficient (Wildman–Crippen LogP) is 5.00. The topological polar surface area (TPSA) is 26.3 Å². The molecule has 2 unspecified atom stereocenters. The van der Waals surface area contributed by atoms with Gasteiger partial charge < -0.3 is 4.74 Å². The number of carbonyl (C=O) groups is 1. The standard InChI is InChI=1S/C18H34O2/c1-5-6-7-8-9-10-11-17(19)18(14-20-4)15(2)12-13-16(18)3/h15-16H,5-14H2,1-4H3. The van der Waals surface area contributed by atoms with Crippen LogP contribution in [0.25, 0.3) is 0 Å². The summed E-state index contributed by atoms with van der Waals surface area (Å²) in [7, 11) is 1.73. The zero-order chi connectivity index (χ0) is 15.0. The second-order valence-corrected chi connectivity index (χ2v) is 6.79. The lowest BCUT2D eigenvalue weighted by molar-refractivity contribution is -0.137. The molecule has 0 radical (unpaired) electrons. The lowest BCUT2D eigenvalue weighted by Crippen LogP contribution is -2.42. The summed E-state index contributed by atoms with van der Waals surface area (Å²) in [5.41, 5.74) is -0.196. The van der Waals surface area contributed by atoms with Gasteiger partial charge in [-0.05, 0) is 31.1 Å². The maximum Gasteiger partial charge on any atom is 0.141 e. The van der Waals surface area contributed by atoms with E-state index in [1.807, 2.05) is 0 Å². The van der Waals surface area contributed by atoms with Gasteiger partial charge in [0.15, 0.2) is 0 Å². The molecular weight excluding hydrogens is 248 g/mol. The lowest BCUT2D eigenvalue weighted by atomic mass is 9.69. The van der Waals surface area contributed by atoms with E-state index in [4.69, 9.17) is 4.74 Å². The van der Waals surface area contributed by atoms with Crippen LogP contribution in [-0.2, 0) is 9.53 Å². The van der Waals surface area contributed by atoms with Crippen LogP contribution < -0.4 is 0 Å². The number of rotatable bonds is 10. The summed E-state index contributed by atoms with van der Waals surface area (Å²) in [6.45, 7) is 7.33. The molecule has 2 nitrogen and oxygen atoms in total. The summed E-state index contributed by atoms with van der Waals surface area (Å²) in [4.78, 5) is 12.8. The molecule has 1 rings (SSSR count). The van der Waals surface area contributed by atoms with Crippen molar-refractivity contribution < 1.29 is 9.53 Å². The summed E-state index contributed by atoms with van der Waals surface area (Å²) in [5, 5.41) is 0. The van der Waals surface area contributed by atoms with E-state index in [0.717, 1.165) is 12.8 Å². The normalized spacial score (nSPS) is 29.8. The van der Waals surface area contributed by atoms with Crippen molar-refractivity contribution in [1.29, 1.82) is 0 Å². The van der Waals surface area contributed by atoms with Crippen molar-refractivity contribution in [3.05, 3.63) is 0 Å². The fourth-order valence-electron chi connectivity index (χ4n) is 3.95. The highest BCUT2D eigenvalue weighted by Gasteiger charge is 2.50. The van der Waals surface area contributed by atoms with Gasteiger partial charge >= 0.3 is 0 Å². The third-order valence-corrected chi connectivity index (χ3v) is 5.45. The van der Waals surface area contributed by atoms with Crippen molar-refractivity contribution in [2.75, 3.05) is 13.7 Å². The van der Waals surface area contributed by atoms with Gasteiger partial charge in [0.25, 0.3) is 0 Å². The van der Waals surface area contributed by atoms with Crippen LogP contribution in [-0.4, -0.2) is 19.5 Å². The van der Waals surface area contributed by atoms with Crippen LogP contribution in [0.1, 0.15) is 78.6 Å². The van der Waals surface area contributed by atoms with E-state index in [1.54, 1.807) is 7.11 Å². The van der Waals surface area contributed by atoms with E-state index in [9.17, 15) is 4.79 Å². The third-order valence-electron chi connectivity index (χ3n) is 5.45. The Morgan fingerprint density at radius 2 is 1.60 bits per heavy atom. The molecule has 1 saturated carbocycles. The van der Waals surface area contributed by atoms with Crippen LogP contribution >= 0.6 is 0 Å². The highest BCUT2D eigenvalue weighted by Crippen LogP contribution is 2.49. The summed E-state index contributed by atoms with van der Waals surface area (Å²) in [6.07, 6.45) is 10.6. The number of carbonyl (C=O) groups excluding carboxylic acids is 1. The Bertz CT molecular complexity index is 275. The first-order valence-corrected chi connectivity index (χ1v) is 8.61. The van der Waals surface area contributed by atoms with Gasteiger partial charge in [0.1, 0.15) is 5.78 Å². The molecule has 118 valence electrons. The van der Waals surface area contributed by atoms with Gasteiger partial charge in [0.2, 0.25) is 0 Å². The Morgan fingerprint density at radius 1 is 1.05 bits per heavy atom. The quantitative estimate of drug-likeness (QED) is 0.527. The van der Waals surface area contributed by atoms with Gasteiger partial charge in [0, 0.05) is 13.5 Å². The molecule has 0 amide bonds. The predicted molar refractivity (Wildman–Crippen MR) is 84.9 cm³/mol. The molecule has 20 heavy (non-hydrogen) atoms. The average molecular weight is 282 g/mol. The van der Waals surface area contributed by atoms with Crippen molar-refractivity contribution in [2.45, 2.75) is 78.6 Å². The van der Waals surface area contributed by atoms with E-state index in [1.165, 1.54) is 44.9 Å². The molecule has 2 heteroatoms. The first-order valence-electron chi connectivity index (χ1n) is 8.61. The summed E-state index contributed by atoms with van der Waals surface area (Å²) < 4.78 is 5.43. The minimum Gasteiger partial charge on any atom is -0.384 e. The van der Waals surface area contributed by atoms with Crippen molar-refractivity contribution in [3.8, 4) is 0 Å². The van der Waals surface area contributed by atoms with Gasteiger partial charge in [-0.3, -0.25) is 4.79 Å². The zero-order valence-corrected chi connectivity index (χ0v) is 14.0. The van der Waals surface area contributed by atoms with Crippen LogP contribution in [0.2, 0.25) is 0 Å². The minimum absolute atomic E-state index is 0.196. The van der Waals surface area contributed by atoms with E-state index in [-0.39, 0.29) is 5.41 Å². The third kappa shape index (κ3) is 4.07. The van der Waals surface area contributed by atoms with Gasteiger partial charge in [0.05, 0.1) is 12.0 Å². The molecule has 0 bridgehead atoms. The molecule has 1 fully saturated rings. The fraction of sp³-hybridized carbons (Fsp3) is 0.944. The molecule has 0 N–H and O–H groups in total. The first kappa shape index (κ1) is 17.7. The number of ketones is 1. The monoisotopic (exact) mass is 282 g/mol. The number of Topliss-reactive ketones (excluding diaryl/α,β-unsaturated/α-hetero) is 1. The SMILES string of the molecule is CCCCCCCCC(=O)C1(COC)C(C)CCC1C.